The lowest BCUT2D eigenvalue weighted by Gasteiger charge is -2.22. The number of hydrogen-bond donors (Lipinski definition) is 1. The second-order valence-corrected chi connectivity index (χ2v) is 5.32. The molecule has 0 bridgehead atoms. The van der Waals surface area contributed by atoms with Gasteiger partial charge in [-0.3, -0.25) is 4.79 Å². The first-order valence-corrected chi connectivity index (χ1v) is 7.34. The van der Waals surface area contributed by atoms with Crippen LogP contribution in [0.2, 0.25) is 0 Å². The second-order valence-electron chi connectivity index (χ2n) is 5.32. The highest BCUT2D eigenvalue weighted by Crippen LogP contribution is 2.17. The van der Waals surface area contributed by atoms with Gasteiger partial charge in [0.2, 0.25) is 0 Å². The Bertz CT molecular complexity index is 447. The van der Waals surface area contributed by atoms with Gasteiger partial charge in [-0.1, -0.05) is 5.21 Å². The van der Waals surface area contributed by atoms with Crippen LogP contribution in [0.25, 0.3) is 0 Å². The van der Waals surface area contributed by atoms with Gasteiger partial charge >= 0.3 is 0 Å². The topological polar surface area (TPSA) is 72.3 Å². The van der Waals surface area contributed by atoms with Crippen molar-refractivity contribution < 1.29 is 9.53 Å². The lowest BCUT2D eigenvalue weighted by Crippen LogP contribution is -2.33. The summed E-state index contributed by atoms with van der Waals surface area (Å²) in [5.74, 6) is -0.0318. The number of nitrogens with one attached hydrogen (secondary N) is 1. The van der Waals surface area contributed by atoms with Crippen LogP contribution >= 0.6 is 0 Å². The van der Waals surface area contributed by atoms with Gasteiger partial charge < -0.3 is 15.0 Å². The number of amides is 1. The molecule has 20 heavy (non-hydrogen) atoms. The first-order chi connectivity index (χ1) is 9.84. The van der Waals surface area contributed by atoms with Gasteiger partial charge in [0.15, 0.2) is 5.69 Å². The summed E-state index contributed by atoms with van der Waals surface area (Å²) in [6.07, 6.45) is 4.75. The van der Waals surface area contributed by atoms with Gasteiger partial charge in [0.05, 0.1) is 18.8 Å². The van der Waals surface area contributed by atoms with E-state index in [-0.39, 0.29) is 5.91 Å². The Morgan fingerprint density at radius 2 is 2.15 bits per heavy atom. The molecule has 0 saturated carbocycles. The molecule has 2 saturated heterocycles. The first-order valence-electron chi connectivity index (χ1n) is 7.34. The van der Waals surface area contributed by atoms with Crippen LogP contribution in [0.1, 0.15) is 35.8 Å². The quantitative estimate of drug-likeness (QED) is 0.829. The fourth-order valence-electron chi connectivity index (χ4n) is 2.74. The normalized spacial score (nSPS) is 21.7. The van der Waals surface area contributed by atoms with Gasteiger partial charge in [0, 0.05) is 19.7 Å². The van der Waals surface area contributed by atoms with Crippen molar-refractivity contribution in [3.05, 3.63) is 11.9 Å². The van der Waals surface area contributed by atoms with Crippen molar-refractivity contribution in [1.29, 1.82) is 0 Å². The van der Waals surface area contributed by atoms with Crippen molar-refractivity contribution in [3.8, 4) is 0 Å². The Labute approximate surface area is 118 Å². The largest absolute Gasteiger partial charge is 0.380 e. The van der Waals surface area contributed by atoms with Crippen LogP contribution in [0, 0.1) is 0 Å². The van der Waals surface area contributed by atoms with Gasteiger partial charge in [-0.05, 0) is 32.4 Å². The molecule has 3 rings (SSSR count). The van der Waals surface area contributed by atoms with E-state index in [1.54, 1.807) is 6.20 Å². The third-order valence-corrected chi connectivity index (χ3v) is 3.92. The number of carbonyl (C=O) groups is 1. The van der Waals surface area contributed by atoms with Crippen molar-refractivity contribution in [2.45, 2.75) is 25.3 Å². The van der Waals surface area contributed by atoms with Crippen molar-refractivity contribution in [2.75, 3.05) is 39.4 Å². The standard InChI is InChI=1S/C13H21N5O2/c19-13(17-6-1-8-20-9-7-17)12-10-18(16-15-12)11-2-4-14-5-3-11/h10-11,14H,1-9H2. The Kier molecular flexibility index (Phi) is 4.27. The highest BCUT2D eigenvalue weighted by Gasteiger charge is 2.22. The molecule has 1 N–H and O–H groups in total. The van der Waals surface area contributed by atoms with Gasteiger partial charge in [0.1, 0.15) is 0 Å². The molecule has 2 fully saturated rings. The number of nitrogens with zero attached hydrogens (tertiary/aromatic N) is 4. The molecule has 1 aromatic heterocycles. The minimum absolute atomic E-state index is 0.0318. The average molecular weight is 279 g/mol. The molecular formula is C13H21N5O2. The second kappa shape index (κ2) is 6.32. The molecule has 2 aliphatic rings. The number of hydrogen-bond acceptors (Lipinski definition) is 5. The molecule has 2 aliphatic heterocycles. The molecule has 0 atom stereocenters. The summed E-state index contributed by atoms with van der Waals surface area (Å²) in [4.78, 5) is 14.2. The molecule has 0 aromatic carbocycles. The summed E-state index contributed by atoms with van der Waals surface area (Å²) in [5, 5.41) is 11.5. The van der Waals surface area contributed by atoms with E-state index >= 15 is 0 Å². The van der Waals surface area contributed by atoms with E-state index in [0.29, 0.717) is 24.9 Å². The van der Waals surface area contributed by atoms with E-state index in [4.69, 9.17) is 4.74 Å². The molecule has 110 valence electrons. The van der Waals surface area contributed by atoms with Crippen LogP contribution in [0.3, 0.4) is 0 Å². The number of carbonyl (C=O) groups excluding carboxylic acids is 1. The van der Waals surface area contributed by atoms with Crippen molar-refractivity contribution in [3.63, 3.8) is 0 Å². The van der Waals surface area contributed by atoms with Crippen molar-refractivity contribution >= 4 is 5.91 Å². The smallest absolute Gasteiger partial charge is 0.276 e. The maximum absolute atomic E-state index is 12.4. The monoisotopic (exact) mass is 279 g/mol. The summed E-state index contributed by atoms with van der Waals surface area (Å²) in [6, 6.07) is 0.359. The van der Waals surface area contributed by atoms with E-state index in [1.165, 1.54) is 0 Å². The maximum Gasteiger partial charge on any atom is 0.276 e. The van der Waals surface area contributed by atoms with E-state index in [1.807, 2.05) is 9.58 Å². The molecule has 7 nitrogen and oxygen atoms in total. The third kappa shape index (κ3) is 2.99. The molecule has 0 aliphatic carbocycles. The molecule has 1 amide bonds. The van der Waals surface area contributed by atoms with E-state index in [9.17, 15) is 4.79 Å². The predicted molar refractivity (Wildman–Crippen MR) is 72.5 cm³/mol. The van der Waals surface area contributed by atoms with Crippen LogP contribution < -0.4 is 5.32 Å². The minimum Gasteiger partial charge on any atom is -0.380 e. The molecule has 0 radical (unpaired) electrons. The van der Waals surface area contributed by atoms with Gasteiger partial charge in [-0.25, -0.2) is 4.68 Å². The third-order valence-electron chi connectivity index (χ3n) is 3.92. The van der Waals surface area contributed by atoms with Gasteiger partial charge in [-0.15, -0.1) is 5.10 Å². The van der Waals surface area contributed by atoms with Crippen molar-refractivity contribution in [2.24, 2.45) is 0 Å². The number of ether oxygens (including phenoxy) is 1. The summed E-state index contributed by atoms with van der Waals surface area (Å²) >= 11 is 0. The Balaban J connectivity index is 1.67. The average Bonchev–Trinajstić information content (AvgIpc) is 2.83. The Hall–Kier alpha value is -1.47. The molecule has 3 heterocycles. The SMILES string of the molecule is O=C(c1cn(C2CCNCC2)nn1)N1CCCOCC1. The highest BCUT2D eigenvalue weighted by molar-refractivity contribution is 5.91. The fraction of sp³-hybridized carbons (Fsp3) is 0.769. The zero-order valence-corrected chi connectivity index (χ0v) is 11.6. The Morgan fingerprint density at radius 3 is 3.00 bits per heavy atom. The predicted octanol–water partition coefficient (Wildman–Crippen LogP) is 0.0651. The summed E-state index contributed by atoms with van der Waals surface area (Å²) in [6.45, 7) is 4.70. The molecular weight excluding hydrogens is 258 g/mol. The maximum atomic E-state index is 12.4. The zero-order chi connectivity index (χ0) is 13.8. The lowest BCUT2D eigenvalue weighted by molar-refractivity contribution is 0.0735. The highest BCUT2D eigenvalue weighted by atomic mass is 16.5. The number of piperidine rings is 1. The Morgan fingerprint density at radius 1 is 1.30 bits per heavy atom. The molecule has 0 spiro atoms. The lowest BCUT2D eigenvalue weighted by atomic mass is 10.1. The van der Waals surface area contributed by atoms with Gasteiger partial charge in [0.25, 0.3) is 5.91 Å². The van der Waals surface area contributed by atoms with E-state index < -0.39 is 0 Å². The van der Waals surface area contributed by atoms with Crippen LogP contribution in [-0.4, -0.2) is 65.2 Å². The first kappa shape index (κ1) is 13.5. The van der Waals surface area contributed by atoms with Gasteiger partial charge in [-0.2, -0.15) is 0 Å². The molecule has 0 unspecified atom stereocenters. The number of aromatic nitrogens is 3. The zero-order valence-electron chi connectivity index (χ0n) is 11.6. The fourth-order valence-corrected chi connectivity index (χ4v) is 2.74. The molecule has 7 heteroatoms. The summed E-state index contributed by atoms with van der Waals surface area (Å²) in [7, 11) is 0. The summed E-state index contributed by atoms with van der Waals surface area (Å²) < 4.78 is 7.22. The van der Waals surface area contributed by atoms with E-state index in [2.05, 4.69) is 15.6 Å². The van der Waals surface area contributed by atoms with Crippen LogP contribution in [-0.2, 0) is 4.74 Å². The van der Waals surface area contributed by atoms with E-state index in [0.717, 1.165) is 45.5 Å². The van der Waals surface area contributed by atoms with Crippen molar-refractivity contribution in [1.82, 2.24) is 25.2 Å². The minimum atomic E-state index is -0.0318. The molecule has 1 aromatic rings. The van der Waals surface area contributed by atoms with Crippen LogP contribution in [0.4, 0.5) is 0 Å². The number of rotatable bonds is 2. The summed E-state index contributed by atoms with van der Waals surface area (Å²) in [5.41, 5.74) is 0.449. The van der Waals surface area contributed by atoms with Crippen LogP contribution in [0.15, 0.2) is 6.20 Å². The van der Waals surface area contributed by atoms with Crippen LogP contribution in [0.5, 0.6) is 0 Å².